The van der Waals surface area contributed by atoms with E-state index in [2.05, 4.69) is 5.32 Å². The molecule has 4 nitrogen and oxygen atoms in total. The number of methoxy groups -OCH3 is 1. The largest absolute Gasteiger partial charge is 0.497 e. The van der Waals surface area contributed by atoms with Crippen LogP contribution in [0.4, 0.5) is 4.79 Å². The second kappa shape index (κ2) is 6.00. The van der Waals surface area contributed by atoms with Gasteiger partial charge in [-0.1, -0.05) is 12.1 Å². The number of carbonyl (C=O) groups excluding carboxylic acids is 1. The SMILES string of the molecule is CCNC(=O)N(C)Cc1cccc(OC)c1. The molecular weight excluding hydrogens is 204 g/mol. The number of benzene rings is 1. The molecule has 0 aliphatic heterocycles. The average Bonchev–Trinajstić information content (AvgIpc) is 2.29. The van der Waals surface area contributed by atoms with Gasteiger partial charge in [0.05, 0.1) is 7.11 Å². The molecule has 0 saturated heterocycles. The van der Waals surface area contributed by atoms with Crippen LogP contribution in [0.1, 0.15) is 12.5 Å². The number of nitrogens with one attached hydrogen (secondary N) is 1. The van der Waals surface area contributed by atoms with Crippen molar-refractivity contribution in [3.63, 3.8) is 0 Å². The van der Waals surface area contributed by atoms with Crippen LogP contribution in [0.3, 0.4) is 0 Å². The quantitative estimate of drug-likeness (QED) is 0.844. The zero-order chi connectivity index (χ0) is 12.0. The zero-order valence-electron chi connectivity index (χ0n) is 9.99. The van der Waals surface area contributed by atoms with Gasteiger partial charge in [0.15, 0.2) is 0 Å². The van der Waals surface area contributed by atoms with Crippen LogP contribution in [0.2, 0.25) is 0 Å². The first-order chi connectivity index (χ1) is 7.67. The first-order valence-electron chi connectivity index (χ1n) is 5.29. The van der Waals surface area contributed by atoms with Crippen LogP contribution in [-0.4, -0.2) is 31.6 Å². The molecular formula is C12H18N2O2. The first kappa shape index (κ1) is 12.4. The zero-order valence-corrected chi connectivity index (χ0v) is 9.99. The van der Waals surface area contributed by atoms with E-state index in [1.807, 2.05) is 31.2 Å². The van der Waals surface area contributed by atoms with Crippen LogP contribution < -0.4 is 10.1 Å². The van der Waals surface area contributed by atoms with Crippen molar-refractivity contribution in [2.45, 2.75) is 13.5 Å². The number of ether oxygens (including phenoxy) is 1. The molecule has 0 bridgehead atoms. The van der Waals surface area contributed by atoms with Crippen LogP contribution in [0.15, 0.2) is 24.3 Å². The van der Waals surface area contributed by atoms with E-state index in [0.29, 0.717) is 13.1 Å². The normalized spacial score (nSPS) is 9.69. The van der Waals surface area contributed by atoms with Gasteiger partial charge in [-0.25, -0.2) is 4.79 Å². The summed E-state index contributed by atoms with van der Waals surface area (Å²) in [5.41, 5.74) is 1.05. The monoisotopic (exact) mass is 222 g/mol. The maximum Gasteiger partial charge on any atom is 0.317 e. The van der Waals surface area contributed by atoms with Crippen molar-refractivity contribution in [2.24, 2.45) is 0 Å². The van der Waals surface area contributed by atoms with E-state index in [4.69, 9.17) is 4.74 Å². The van der Waals surface area contributed by atoms with Crippen LogP contribution in [0, 0.1) is 0 Å². The van der Waals surface area contributed by atoms with E-state index >= 15 is 0 Å². The summed E-state index contributed by atoms with van der Waals surface area (Å²) in [6.45, 7) is 3.11. The summed E-state index contributed by atoms with van der Waals surface area (Å²) >= 11 is 0. The van der Waals surface area contributed by atoms with Crippen LogP contribution >= 0.6 is 0 Å². The molecule has 0 aromatic heterocycles. The Bertz CT molecular complexity index is 353. The maximum absolute atomic E-state index is 11.5. The van der Waals surface area contributed by atoms with Crippen molar-refractivity contribution >= 4 is 6.03 Å². The molecule has 1 aromatic carbocycles. The lowest BCUT2D eigenvalue weighted by Crippen LogP contribution is -2.36. The van der Waals surface area contributed by atoms with Gasteiger partial charge in [0.25, 0.3) is 0 Å². The Morgan fingerprint density at radius 3 is 2.88 bits per heavy atom. The number of nitrogens with zero attached hydrogens (tertiary/aromatic N) is 1. The van der Waals surface area contributed by atoms with Crippen molar-refractivity contribution in [3.8, 4) is 5.75 Å². The molecule has 0 heterocycles. The van der Waals surface area contributed by atoms with Crippen molar-refractivity contribution in [3.05, 3.63) is 29.8 Å². The topological polar surface area (TPSA) is 41.6 Å². The van der Waals surface area contributed by atoms with Crippen molar-refractivity contribution in [1.29, 1.82) is 0 Å². The first-order valence-corrected chi connectivity index (χ1v) is 5.29. The fraction of sp³-hybridized carbons (Fsp3) is 0.417. The van der Waals surface area contributed by atoms with Crippen LogP contribution in [-0.2, 0) is 6.54 Å². The predicted molar refractivity (Wildman–Crippen MR) is 63.5 cm³/mol. The molecule has 0 unspecified atom stereocenters. The van der Waals surface area contributed by atoms with E-state index in [1.54, 1.807) is 19.1 Å². The van der Waals surface area contributed by atoms with Gasteiger partial charge >= 0.3 is 6.03 Å². The lowest BCUT2D eigenvalue weighted by atomic mass is 10.2. The summed E-state index contributed by atoms with van der Waals surface area (Å²) in [5, 5.41) is 2.75. The maximum atomic E-state index is 11.5. The van der Waals surface area contributed by atoms with Gasteiger partial charge in [-0.15, -0.1) is 0 Å². The smallest absolute Gasteiger partial charge is 0.317 e. The minimum Gasteiger partial charge on any atom is -0.497 e. The molecule has 0 spiro atoms. The van der Waals surface area contributed by atoms with E-state index in [9.17, 15) is 4.79 Å². The summed E-state index contributed by atoms with van der Waals surface area (Å²) in [6.07, 6.45) is 0. The summed E-state index contributed by atoms with van der Waals surface area (Å²) in [5.74, 6) is 0.807. The Morgan fingerprint density at radius 1 is 1.50 bits per heavy atom. The molecule has 0 aliphatic carbocycles. The van der Waals surface area contributed by atoms with E-state index < -0.39 is 0 Å². The summed E-state index contributed by atoms with van der Waals surface area (Å²) < 4.78 is 5.13. The molecule has 16 heavy (non-hydrogen) atoms. The molecule has 88 valence electrons. The van der Waals surface area contributed by atoms with E-state index in [1.165, 1.54) is 0 Å². The Kier molecular flexibility index (Phi) is 4.64. The highest BCUT2D eigenvalue weighted by Gasteiger charge is 2.07. The van der Waals surface area contributed by atoms with Gasteiger partial charge in [-0.3, -0.25) is 0 Å². The number of amides is 2. The summed E-state index contributed by atoms with van der Waals surface area (Å²) in [4.78, 5) is 13.1. The Labute approximate surface area is 96.2 Å². The highest BCUT2D eigenvalue weighted by atomic mass is 16.5. The van der Waals surface area contributed by atoms with E-state index in [0.717, 1.165) is 11.3 Å². The third-order valence-corrected chi connectivity index (χ3v) is 2.23. The summed E-state index contributed by atoms with van der Waals surface area (Å²) in [7, 11) is 3.40. The van der Waals surface area contributed by atoms with Gasteiger partial charge < -0.3 is 15.0 Å². The lowest BCUT2D eigenvalue weighted by molar-refractivity contribution is 0.207. The van der Waals surface area contributed by atoms with Crippen molar-refractivity contribution < 1.29 is 9.53 Å². The fourth-order valence-corrected chi connectivity index (χ4v) is 1.40. The number of rotatable bonds is 4. The van der Waals surface area contributed by atoms with Gasteiger partial charge in [0.2, 0.25) is 0 Å². The highest BCUT2D eigenvalue weighted by molar-refractivity contribution is 5.73. The molecule has 1 N–H and O–H groups in total. The molecule has 0 radical (unpaired) electrons. The minimum atomic E-state index is -0.0645. The number of hydrogen-bond acceptors (Lipinski definition) is 2. The molecule has 1 aromatic rings. The second-order valence-electron chi connectivity index (χ2n) is 3.54. The molecule has 0 saturated carbocycles. The van der Waals surface area contributed by atoms with Crippen LogP contribution in [0.25, 0.3) is 0 Å². The van der Waals surface area contributed by atoms with Gasteiger partial charge in [-0.2, -0.15) is 0 Å². The molecule has 0 fully saturated rings. The molecule has 2 amide bonds. The number of urea groups is 1. The molecule has 4 heteroatoms. The average molecular weight is 222 g/mol. The van der Waals surface area contributed by atoms with Crippen LogP contribution in [0.5, 0.6) is 5.75 Å². The third kappa shape index (κ3) is 3.46. The fourth-order valence-electron chi connectivity index (χ4n) is 1.40. The Hall–Kier alpha value is -1.71. The molecule has 0 aliphatic rings. The van der Waals surface area contributed by atoms with Gasteiger partial charge in [-0.05, 0) is 24.6 Å². The standard InChI is InChI=1S/C12H18N2O2/c1-4-13-12(15)14(2)9-10-6-5-7-11(8-10)16-3/h5-8H,4,9H2,1-3H3,(H,13,15). The number of hydrogen-bond donors (Lipinski definition) is 1. The Morgan fingerprint density at radius 2 is 2.25 bits per heavy atom. The predicted octanol–water partition coefficient (Wildman–Crippen LogP) is 1.86. The van der Waals surface area contributed by atoms with Crippen molar-refractivity contribution in [2.75, 3.05) is 20.7 Å². The number of carbonyl (C=O) groups is 1. The van der Waals surface area contributed by atoms with Crippen molar-refractivity contribution in [1.82, 2.24) is 10.2 Å². The van der Waals surface area contributed by atoms with E-state index in [-0.39, 0.29) is 6.03 Å². The van der Waals surface area contributed by atoms with Gasteiger partial charge in [0.1, 0.15) is 5.75 Å². The minimum absolute atomic E-state index is 0.0645. The second-order valence-corrected chi connectivity index (χ2v) is 3.54. The lowest BCUT2D eigenvalue weighted by Gasteiger charge is -2.17. The molecule has 0 atom stereocenters. The highest BCUT2D eigenvalue weighted by Crippen LogP contribution is 2.13. The molecule has 1 rings (SSSR count). The van der Waals surface area contributed by atoms with Gasteiger partial charge in [0, 0.05) is 20.1 Å². The Balaban J connectivity index is 2.61. The summed E-state index contributed by atoms with van der Waals surface area (Å²) in [6, 6.07) is 7.63. The third-order valence-electron chi connectivity index (χ3n) is 2.23.